The number of nitrogens with one attached hydrogen (secondary N) is 1. The van der Waals surface area contributed by atoms with Gasteiger partial charge in [-0.3, -0.25) is 0 Å². The fourth-order valence-electron chi connectivity index (χ4n) is 1.61. The molecule has 1 rings (SSSR count). The van der Waals surface area contributed by atoms with Crippen LogP contribution in [0.2, 0.25) is 0 Å². The van der Waals surface area contributed by atoms with Crippen LogP contribution in [0.5, 0.6) is 0 Å². The number of hydrogen-bond donors (Lipinski definition) is 1. The van der Waals surface area contributed by atoms with E-state index >= 15 is 0 Å². The van der Waals surface area contributed by atoms with Gasteiger partial charge in [-0.25, -0.2) is 0 Å². The molecule has 1 aromatic heterocycles. The van der Waals surface area contributed by atoms with Crippen molar-refractivity contribution in [2.75, 3.05) is 20.1 Å². The van der Waals surface area contributed by atoms with Gasteiger partial charge in [0.25, 0.3) is 0 Å². The molecule has 0 atom stereocenters. The number of hydrogen-bond acceptors (Lipinski definition) is 4. The van der Waals surface area contributed by atoms with Gasteiger partial charge in [-0.15, -0.1) is 0 Å². The molecular weight excluding hydrogens is 226 g/mol. The molecule has 0 aliphatic carbocycles. The molecule has 1 heterocycles. The average Bonchev–Trinajstić information content (AvgIpc) is 2.81. The Morgan fingerprint density at radius 2 is 2.17 bits per heavy atom. The molecule has 0 saturated carbocycles. The molecule has 0 unspecified atom stereocenters. The first-order chi connectivity index (χ1) is 8.63. The molecule has 1 aromatic rings. The Hall–Kier alpha value is -1.31. The van der Waals surface area contributed by atoms with Crippen molar-refractivity contribution >= 4 is 0 Å². The summed E-state index contributed by atoms with van der Waals surface area (Å²) in [7, 11) is 2.16. The van der Waals surface area contributed by atoms with Crippen LogP contribution in [0.4, 0.5) is 0 Å². The van der Waals surface area contributed by atoms with E-state index in [9.17, 15) is 0 Å². The SMILES string of the molecule is CC(C)N(C)CCCCNCc1ccc(C#N)o1. The molecule has 1 N–H and O–H groups in total. The average molecular weight is 249 g/mol. The number of nitriles is 1. The molecule has 0 aromatic carbocycles. The summed E-state index contributed by atoms with van der Waals surface area (Å²) < 4.78 is 5.28. The van der Waals surface area contributed by atoms with Gasteiger partial charge in [0.05, 0.1) is 6.54 Å². The fraction of sp³-hybridized carbons (Fsp3) is 0.643. The maximum absolute atomic E-state index is 8.62. The van der Waals surface area contributed by atoms with Gasteiger partial charge in [0.15, 0.2) is 0 Å². The van der Waals surface area contributed by atoms with E-state index in [1.165, 1.54) is 6.42 Å². The monoisotopic (exact) mass is 249 g/mol. The van der Waals surface area contributed by atoms with E-state index < -0.39 is 0 Å². The van der Waals surface area contributed by atoms with Gasteiger partial charge in [-0.1, -0.05) is 0 Å². The predicted octanol–water partition coefficient (Wildman–Crippen LogP) is 2.36. The number of nitrogens with zero attached hydrogens (tertiary/aromatic N) is 2. The van der Waals surface area contributed by atoms with E-state index in [-0.39, 0.29) is 0 Å². The van der Waals surface area contributed by atoms with E-state index in [4.69, 9.17) is 9.68 Å². The molecule has 0 saturated heterocycles. The van der Waals surface area contributed by atoms with Crippen LogP contribution < -0.4 is 5.32 Å². The molecular formula is C14H23N3O. The van der Waals surface area contributed by atoms with Crippen LogP contribution in [-0.2, 0) is 6.54 Å². The third kappa shape index (κ3) is 5.35. The quantitative estimate of drug-likeness (QED) is 0.719. The van der Waals surface area contributed by atoms with Gasteiger partial charge in [-0.2, -0.15) is 5.26 Å². The van der Waals surface area contributed by atoms with Crippen LogP contribution in [0.1, 0.15) is 38.2 Å². The van der Waals surface area contributed by atoms with Crippen LogP contribution in [0.3, 0.4) is 0 Å². The highest BCUT2D eigenvalue weighted by Gasteiger charge is 2.02. The molecule has 0 fully saturated rings. The highest BCUT2D eigenvalue weighted by molar-refractivity contribution is 5.18. The summed E-state index contributed by atoms with van der Waals surface area (Å²) >= 11 is 0. The maximum atomic E-state index is 8.62. The van der Waals surface area contributed by atoms with Crippen LogP contribution in [-0.4, -0.2) is 31.1 Å². The number of rotatable bonds is 8. The van der Waals surface area contributed by atoms with E-state index in [0.29, 0.717) is 18.3 Å². The zero-order chi connectivity index (χ0) is 13.4. The van der Waals surface area contributed by atoms with E-state index in [0.717, 1.165) is 25.3 Å². The van der Waals surface area contributed by atoms with Crippen LogP contribution in [0.25, 0.3) is 0 Å². The largest absolute Gasteiger partial charge is 0.449 e. The van der Waals surface area contributed by atoms with Crippen molar-refractivity contribution in [1.29, 1.82) is 5.26 Å². The standard InChI is InChI=1S/C14H23N3O/c1-12(2)17(3)9-5-4-8-16-11-14-7-6-13(10-15)18-14/h6-7,12,16H,4-5,8-9,11H2,1-3H3. The normalized spacial score (nSPS) is 11.1. The molecule has 4 heteroatoms. The van der Waals surface area contributed by atoms with Crippen molar-refractivity contribution in [3.8, 4) is 6.07 Å². The second kappa shape index (κ2) is 7.91. The summed E-state index contributed by atoms with van der Waals surface area (Å²) in [4.78, 5) is 2.35. The summed E-state index contributed by atoms with van der Waals surface area (Å²) in [5, 5.41) is 11.9. The zero-order valence-corrected chi connectivity index (χ0v) is 11.6. The molecule has 0 aliphatic rings. The second-order valence-electron chi connectivity index (χ2n) is 4.84. The summed E-state index contributed by atoms with van der Waals surface area (Å²) in [6, 6.07) is 6.15. The van der Waals surface area contributed by atoms with Crippen molar-refractivity contribution in [2.24, 2.45) is 0 Å². The van der Waals surface area contributed by atoms with Crippen LogP contribution in [0.15, 0.2) is 16.5 Å². The summed E-state index contributed by atoms with van der Waals surface area (Å²) in [6.07, 6.45) is 2.35. The Morgan fingerprint density at radius 1 is 1.39 bits per heavy atom. The first-order valence-electron chi connectivity index (χ1n) is 6.53. The molecule has 0 radical (unpaired) electrons. The lowest BCUT2D eigenvalue weighted by Gasteiger charge is -2.20. The third-order valence-electron chi connectivity index (χ3n) is 3.07. The van der Waals surface area contributed by atoms with Gasteiger partial charge < -0.3 is 14.6 Å². The number of furan rings is 1. The Balaban J connectivity index is 2.04. The van der Waals surface area contributed by atoms with Gasteiger partial charge in [0.2, 0.25) is 5.76 Å². The van der Waals surface area contributed by atoms with Crippen molar-refractivity contribution in [2.45, 2.75) is 39.3 Å². The van der Waals surface area contributed by atoms with E-state index in [1.807, 2.05) is 12.1 Å². The maximum Gasteiger partial charge on any atom is 0.203 e. The minimum atomic E-state index is 0.380. The lowest BCUT2D eigenvalue weighted by Crippen LogP contribution is -2.27. The lowest BCUT2D eigenvalue weighted by molar-refractivity contribution is 0.268. The van der Waals surface area contributed by atoms with Crippen LogP contribution in [0, 0.1) is 11.3 Å². The minimum absolute atomic E-state index is 0.380. The van der Waals surface area contributed by atoms with Gasteiger partial charge in [0, 0.05) is 6.04 Å². The highest BCUT2D eigenvalue weighted by atomic mass is 16.3. The molecule has 100 valence electrons. The Bertz CT molecular complexity index is 379. The summed E-state index contributed by atoms with van der Waals surface area (Å²) in [5.41, 5.74) is 0. The third-order valence-corrected chi connectivity index (χ3v) is 3.07. The Labute approximate surface area is 110 Å². The number of unbranched alkanes of at least 4 members (excludes halogenated alkanes) is 1. The molecule has 4 nitrogen and oxygen atoms in total. The molecule has 0 spiro atoms. The van der Waals surface area contributed by atoms with Crippen molar-refractivity contribution < 1.29 is 4.42 Å². The van der Waals surface area contributed by atoms with Crippen LogP contribution >= 0.6 is 0 Å². The van der Waals surface area contributed by atoms with Crippen molar-refractivity contribution in [3.05, 3.63) is 23.7 Å². The molecule has 18 heavy (non-hydrogen) atoms. The summed E-state index contributed by atoms with van der Waals surface area (Å²) in [6.45, 7) is 7.23. The first kappa shape index (κ1) is 14.7. The highest BCUT2D eigenvalue weighted by Crippen LogP contribution is 2.05. The lowest BCUT2D eigenvalue weighted by atomic mass is 10.2. The Morgan fingerprint density at radius 3 is 2.78 bits per heavy atom. The van der Waals surface area contributed by atoms with Gasteiger partial charge >= 0.3 is 0 Å². The van der Waals surface area contributed by atoms with Crippen molar-refractivity contribution in [1.82, 2.24) is 10.2 Å². The van der Waals surface area contributed by atoms with Crippen molar-refractivity contribution in [3.63, 3.8) is 0 Å². The van der Waals surface area contributed by atoms with E-state index in [1.54, 1.807) is 6.07 Å². The van der Waals surface area contributed by atoms with E-state index in [2.05, 4.69) is 31.1 Å². The molecule has 0 bridgehead atoms. The Kier molecular flexibility index (Phi) is 6.48. The summed E-state index contributed by atoms with van der Waals surface area (Å²) in [5.74, 6) is 1.20. The first-order valence-corrected chi connectivity index (χ1v) is 6.53. The van der Waals surface area contributed by atoms with Gasteiger partial charge in [-0.05, 0) is 59.0 Å². The van der Waals surface area contributed by atoms with Gasteiger partial charge in [0.1, 0.15) is 11.8 Å². The second-order valence-corrected chi connectivity index (χ2v) is 4.84. The molecule has 0 amide bonds. The molecule has 0 aliphatic heterocycles. The minimum Gasteiger partial charge on any atom is -0.449 e. The fourth-order valence-corrected chi connectivity index (χ4v) is 1.61. The zero-order valence-electron chi connectivity index (χ0n) is 11.6. The smallest absolute Gasteiger partial charge is 0.203 e. The topological polar surface area (TPSA) is 52.2 Å². The predicted molar refractivity (Wildman–Crippen MR) is 72.1 cm³/mol.